The summed E-state index contributed by atoms with van der Waals surface area (Å²) in [6, 6.07) is 14.3. The molecule has 6 nitrogen and oxygen atoms in total. The predicted molar refractivity (Wildman–Crippen MR) is 128 cm³/mol. The average molecular weight is 460 g/mol. The normalized spacial score (nSPS) is 11.0. The van der Waals surface area contributed by atoms with E-state index in [4.69, 9.17) is 11.6 Å². The monoisotopic (exact) mass is 459 g/mol. The SMILES string of the molecule is CCCSCCCNC(=O)Cn1c(=O)c(=O)n(Cc2ccc(Cl)cc2)c2ccccc21. The highest BCUT2D eigenvalue weighted by Gasteiger charge is 2.15. The number of carbonyl (C=O) groups is 1. The number of halogens is 1. The molecule has 2 aromatic carbocycles. The van der Waals surface area contributed by atoms with Crippen molar-refractivity contribution in [3.8, 4) is 0 Å². The van der Waals surface area contributed by atoms with Gasteiger partial charge in [0.25, 0.3) is 0 Å². The summed E-state index contributed by atoms with van der Waals surface area (Å²) in [5, 5.41) is 3.45. The van der Waals surface area contributed by atoms with E-state index in [1.807, 2.05) is 30.0 Å². The Bertz CT molecular complexity index is 1160. The summed E-state index contributed by atoms with van der Waals surface area (Å²) < 4.78 is 2.71. The zero-order valence-corrected chi connectivity index (χ0v) is 19.0. The second-order valence-electron chi connectivity index (χ2n) is 7.21. The molecule has 0 aliphatic heterocycles. The van der Waals surface area contributed by atoms with Crippen molar-refractivity contribution in [2.75, 3.05) is 18.1 Å². The van der Waals surface area contributed by atoms with E-state index >= 15 is 0 Å². The lowest BCUT2D eigenvalue weighted by Crippen LogP contribution is -2.44. The highest BCUT2D eigenvalue weighted by Crippen LogP contribution is 2.14. The molecule has 0 saturated heterocycles. The van der Waals surface area contributed by atoms with Gasteiger partial charge >= 0.3 is 11.1 Å². The third kappa shape index (κ3) is 6.02. The van der Waals surface area contributed by atoms with Crippen LogP contribution in [0.25, 0.3) is 11.0 Å². The minimum Gasteiger partial charge on any atom is -0.355 e. The van der Waals surface area contributed by atoms with E-state index in [-0.39, 0.29) is 19.0 Å². The maximum atomic E-state index is 12.9. The molecule has 3 aromatic rings. The number of fused-ring (bicyclic) bond motifs is 1. The second kappa shape index (κ2) is 11.2. The lowest BCUT2D eigenvalue weighted by Gasteiger charge is -2.15. The summed E-state index contributed by atoms with van der Waals surface area (Å²) in [7, 11) is 0. The molecular weight excluding hydrogens is 434 g/mol. The van der Waals surface area contributed by atoms with E-state index in [1.54, 1.807) is 30.3 Å². The number of thioether (sulfide) groups is 1. The molecule has 8 heteroatoms. The number of nitrogens with one attached hydrogen (secondary N) is 1. The summed E-state index contributed by atoms with van der Waals surface area (Å²) in [4.78, 5) is 38.2. The Hall–Kier alpha value is -2.51. The number of carbonyl (C=O) groups excluding carboxylic acids is 1. The van der Waals surface area contributed by atoms with E-state index in [1.165, 1.54) is 9.13 Å². The van der Waals surface area contributed by atoms with Crippen molar-refractivity contribution >= 4 is 40.3 Å². The number of hydrogen-bond acceptors (Lipinski definition) is 4. The highest BCUT2D eigenvalue weighted by atomic mass is 35.5. The molecule has 0 aliphatic rings. The summed E-state index contributed by atoms with van der Waals surface area (Å²) >= 11 is 7.80. The molecule has 1 heterocycles. The van der Waals surface area contributed by atoms with E-state index in [0.29, 0.717) is 22.6 Å². The first-order valence-corrected chi connectivity index (χ1v) is 11.9. The first kappa shape index (κ1) is 23.2. The van der Waals surface area contributed by atoms with Crippen LogP contribution in [0.15, 0.2) is 58.1 Å². The van der Waals surface area contributed by atoms with Gasteiger partial charge < -0.3 is 5.32 Å². The lowest BCUT2D eigenvalue weighted by atomic mass is 10.2. The Morgan fingerprint density at radius 1 is 0.968 bits per heavy atom. The number of amides is 1. The molecular formula is C23H26ClN3O3S. The molecule has 1 N–H and O–H groups in total. The van der Waals surface area contributed by atoms with E-state index in [9.17, 15) is 14.4 Å². The van der Waals surface area contributed by atoms with Crippen LogP contribution in [0, 0.1) is 0 Å². The lowest BCUT2D eigenvalue weighted by molar-refractivity contribution is -0.121. The topological polar surface area (TPSA) is 73.1 Å². The molecule has 0 unspecified atom stereocenters. The van der Waals surface area contributed by atoms with Crippen molar-refractivity contribution in [1.29, 1.82) is 0 Å². The number of benzene rings is 2. The fourth-order valence-electron chi connectivity index (χ4n) is 3.30. The molecule has 1 aromatic heterocycles. The predicted octanol–water partition coefficient (Wildman–Crippen LogP) is 3.51. The number of nitrogens with zero attached hydrogens (tertiary/aromatic N) is 2. The van der Waals surface area contributed by atoms with Gasteiger partial charge in [0.2, 0.25) is 5.91 Å². The quantitative estimate of drug-likeness (QED) is 0.372. The van der Waals surface area contributed by atoms with Crippen LogP contribution >= 0.6 is 23.4 Å². The fraction of sp³-hybridized carbons (Fsp3) is 0.348. The molecule has 1 amide bonds. The van der Waals surface area contributed by atoms with E-state index < -0.39 is 11.1 Å². The third-order valence-electron chi connectivity index (χ3n) is 4.83. The third-order valence-corrected chi connectivity index (χ3v) is 6.35. The number of para-hydroxylation sites is 2. The van der Waals surface area contributed by atoms with Crippen LogP contribution in [0.4, 0.5) is 0 Å². The maximum Gasteiger partial charge on any atom is 0.317 e. The molecule has 31 heavy (non-hydrogen) atoms. The van der Waals surface area contributed by atoms with E-state index in [2.05, 4.69) is 12.2 Å². The maximum absolute atomic E-state index is 12.9. The minimum absolute atomic E-state index is 0.182. The Kier molecular flexibility index (Phi) is 8.37. The molecule has 0 fully saturated rings. The van der Waals surface area contributed by atoms with Gasteiger partial charge in [-0.05, 0) is 54.2 Å². The first-order valence-electron chi connectivity index (χ1n) is 10.3. The van der Waals surface area contributed by atoms with Crippen LogP contribution < -0.4 is 16.4 Å². The van der Waals surface area contributed by atoms with E-state index in [0.717, 1.165) is 29.9 Å². The average Bonchev–Trinajstić information content (AvgIpc) is 2.78. The van der Waals surface area contributed by atoms with Crippen molar-refractivity contribution in [1.82, 2.24) is 14.5 Å². The van der Waals surface area contributed by atoms with Crippen LogP contribution in [0.3, 0.4) is 0 Å². The van der Waals surface area contributed by atoms with Crippen LogP contribution in [0.2, 0.25) is 5.02 Å². The highest BCUT2D eigenvalue weighted by molar-refractivity contribution is 7.99. The van der Waals surface area contributed by atoms with Crippen molar-refractivity contribution in [2.45, 2.75) is 32.9 Å². The molecule has 0 aliphatic carbocycles. The molecule has 164 valence electrons. The first-order chi connectivity index (χ1) is 15.0. The zero-order valence-electron chi connectivity index (χ0n) is 17.5. The Balaban J connectivity index is 1.82. The fourth-order valence-corrected chi connectivity index (χ4v) is 4.27. The smallest absolute Gasteiger partial charge is 0.317 e. The standard InChI is InChI=1S/C23H26ClN3O3S/c1-2-13-31-14-5-12-25-21(28)16-27-20-7-4-3-6-19(20)26(22(29)23(27)30)15-17-8-10-18(24)11-9-17/h3-4,6-11H,2,5,12-16H2,1H3,(H,25,28). The van der Waals surface area contributed by atoms with Crippen LogP contribution in [0.1, 0.15) is 25.3 Å². The largest absolute Gasteiger partial charge is 0.355 e. The van der Waals surface area contributed by atoms with Gasteiger partial charge in [0, 0.05) is 11.6 Å². The van der Waals surface area contributed by atoms with Gasteiger partial charge in [-0.25, -0.2) is 0 Å². The molecule has 0 radical (unpaired) electrons. The molecule has 3 rings (SSSR count). The Morgan fingerprint density at radius 3 is 2.29 bits per heavy atom. The summed E-state index contributed by atoms with van der Waals surface area (Å²) in [5.41, 5.74) is 0.645. The number of aromatic nitrogens is 2. The van der Waals surface area contributed by atoms with Gasteiger partial charge in [0.15, 0.2) is 0 Å². The van der Waals surface area contributed by atoms with Gasteiger partial charge in [-0.15, -0.1) is 0 Å². The molecule has 0 atom stereocenters. The summed E-state index contributed by atoms with van der Waals surface area (Å²) in [5.74, 6) is 1.82. The van der Waals surface area contributed by atoms with Gasteiger partial charge in [0.05, 0.1) is 17.6 Å². The van der Waals surface area contributed by atoms with Gasteiger partial charge in [0.1, 0.15) is 6.54 Å². The van der Waals surface area contributed by atoms with Crippen molar-refractivity contribution in [3.05, 3.63) is 79.8 Å². The van der Waals surface area contributed by atoms with Crippen LogP contribution in [-0.4, -0.2) is 33.1 Å². The number of rotatable bonds is 10. The number of hydrogen-bond donors (Lipinski definition) is 1. The molecule has 0 bridgehead atoms. The van der Waals surface area contributed by atoms with Crippen LogP contribution in [0.5, 0.6) is 0 Å². The van der Waals surface area contributed by atoms with Crippen molar-refractivity contribution < 1.29 is 4.79 Å². The summed E-state index contributed by atoms with van der Waals surface area (Å²) in [6.07, 6.45) is 2.01. The molecule has 0 saturated carbocycles. The Morgan fingerprint density at radius 2 is 1.61 bits per heavy atom. The second-order valence-corrected chi connectivity index (χ2v) is 8.87. The summed E-state index contributed by atoms with van der Waals surface area (Å²) in [6.45, 7) is 2.75. The Labute approximate surface area is 190 Å². The van der Waals surface area contributed by atoms with Crippen LogP contribution in [-0.2, 0) is 17.9 Å². The van der Waals surface area contributed by atoms with Gasteiger partial charge in [-0.2, -0.15) is 11.8 Å². The van der Waals surface area contributed by atoms with Gasteiger partial charge in [-0.3, -0.25) is 23.5 Å². The van der Waals surface area contributed by atoms with Gasteiger partial charge in [-0.1, -0.05) is 42.8 Å². The van der Waals surface area contributed by atoms with Crippen molar-refractivity contribution in [2.24, 2.45) is 0 Å². The molecule has 0 spiro atoms. The van der Waals surface area contributed by atoms with Crippen molar-refractivity contribution in [3.63, 3.8) is 0 Å². The zero-order chi connectivity index (χ0) is 22.2. The minimum atomic E-state index is -0.707.